The molecule has 258 valence electrons. The lowest BCUT2D eigenvalue weighted by atomic mass is 9.63. The molecule has 5 aromatic carbocycles. The molecule has 53 heavy (non-hydrogen) atoms. The van der Waals surface area contributed by atoms with E-state index in [0.29, 0.717) is 5.57 Å². The normalized spacial score (nSPS) is 22.1. The summed E-state index contributed by atoms with van der Waals surface area (Å²) in [4.78, 5) is 0. The molecule has 0 aromatic heterocycles. The van der Waals surface area contributed by atoms with Crippen molar-refractivity contribution in [2.45, 2.75) is 40.0 Å². The van der Waals surface area contributed by atoms with E-state index in [1.807, 2.05) is 6.08 Å². The van der Waals surface area contributed by atoms with E-state index in [2.05, 4.69) is 150 Å². The standard InChI is InChI=1S/C51H42FN/c1-7-8-11-33-17-18-36-38-21-23-40-44-32(6)51-25-10-9-12-34(26-51)42-30(4)15-16-31(5)43(50(42)51)49(44)41-24-22-39(47(38)48(40)41)37-20-19-35(45(33)46(36)37)29(3)14-13-28(2)27-53-52/h7-10,12-26,29,31,53H,2,4,11,27H2,1,3,5-6H3/b8-7-,14-13+. The first-order valence-corrected chi connectivity index (χ1v) is 19.0. The summed E-state index contributed by atoms with van der Waals surface area (Å²) in [6.07, 6.45) is 25.6. The molecular weight excluding hydrogens is 646 g/mol. The van der Waals surface area contributed by atoms with Crippen LogP contribution < -0.4 is 5.54 Å². The molecule has 2 heteroatoms. The second kappa shape index (κ2) is 11.5. The minimum atomic E-state index is -0.295. The van der Waals surface area contributed by atoms with Gasteiger partial charge in [-0.15, -0.1) is 4.48 Å². The van der Waals surface area contributed by atoms with Crippen LogP contribution >= 0.6 is 0 Å². The summed E-state index contributed by atoms with van der Waals surface area (Å²) < 4.78 is 12.8. The van der Waals surface area contributed by atoms with Crippen LogP contribution in [0.4, 0.5) is 4.48 Å². The Morgan fingerprint density at radius 3 is 2.32 bits per heavy atom. The number of hydrogen-bond acceptors (Lipinski definition) is 1. The number of halogens is 1. The molecule has 0 aliphatic heterocycles. The van der Waals surface area contributed by atoms with Crippen molar-refractivity contribution in [1.29, 1.82) is 0 Å². The van der Waals surface area contributed by atoms with Gasteiger partial charge in [-0.05, 0) is 142 Å². The van der Waals surface area contributed by atoms with Gasteiger partial charge >= 0.3 is 0 Å². The Labute approximate surface area is 310 Å². The SMILES string of the molecule is C=C(/C=C/C(C)c1ccc2c3ccc4c5c(ccc(c6ccc(C/C=C\C)c1c62)c53)C1=C(C)C23C=CC=CC(=C2)C2=C3C(=C14)C(C)C=CC2=C)CNF. The molecule has 1 nitrogen and oxygen atoms in total. The van der Waals surface area contributed by atoms with Crippen LogP contribution in [0.2, 0.25) is 0 Å². The predicted octanol–water partition coefficient (Wildman–Crippen LogP) is 13.2. The number of fused-ring (bicyclic) bond motifs is 6. The van der Waals surface area contributed by atoms with Gasteiger partial charge in [0.1, 0.15) is 0 Å². The molecule has 0 saturated heterocycles. The predicted molar refractivity (Wildman–Crippen MR) is 225 cm³/mol. The molecule has 10 rings (SSSR count). The molecule has 0 heterocycles. The summed E-state index contributed by atoms with van der Waals surface area (Å²) in [6, 6.07) is 19.0. The average molecular weight is 688 g/mol. The molecule has 1 spiro atoms. The Bertz CT molecular complexity index is 2810. The molecule has 5 aliphatic rings. The Kier molecular flexibility index (Phi) is 6.94. The zero-order valence-electron chi connectivity index (χ0n) is 30.8. The Hall–Kier alpha value is -5.57. The van der Waals surface area contributed by atoms with Gasteiger partial charge in [0.15, 0.2) is 0 Å². The van der Waals surface area contributed by atoms with Gasteiger partial charge < -0.3 is 0 Å². The van der Waals surface area contributed by atoms with E-state index in [4.69, 9.17) is 0 Å². The van der Waals surface area contributed by atoms with Gasteiger partial charge in [-0.2, -0.15) is 5.54 Å². The third-order valence-electron chi connectivity index (χ3n) is 12.8. The molecule has 5 aliphatic carbocycles. The third kappa shape index (κ3) is 4.16. The van der Waals surface area contributed by atoms with E-state index in [1.54, 1.807) is 5.54 Å². The lowest BCUT2D eigenvalue weighted by Crippen LogP contribution is -2.26. The van der Waals surface area contributed by atoms with E-state index in [0.717, 1.165) is 12.0 Å². The molecule has 5 aromatic rings. The maximum Gasteiger partial charge on any atom is 0.0550 e. The second-order valence-corrected chi connectivity index (χ2v) is 15.6. The fraction of sp³-hybridized carbons (Fsp3) is 0.176. The molecule has 2 bridgehead atoms. The molecular formula is C51H42FN. The molecule has 1 N–H and O–H groups in total. The van der Waals surface area contributed by atoms with Crippen molar-refractivity contribution < 1.29 is 4.48 Å². The summed E-state index contributed by atoms with van der Waals surface area (Å²) >= 11 is 0. The highest BCUT2D eigenvalue weighted by atomic mass is 19.2. The van der Waals surface area contributed by atoms with Crippen molar-refractivity contribution in [3.63, 3.8) is 0 Å². The van der Waals surface area contributed by atoms with Crippen molar-refractivity contribution in [3.05, 3.63) is 190 Å². The molecule has 3 atom stereocenters. The third-order valence-corrected chi connectivity index (χ3v) is 12.8. The lowest BCUT2D eigenvalue weighted by molar-refractivity contribution is 0.354. The largest absolute Gasteiger partial charge is 0.155 e. The Morgan fingerprint density at radius 1 is 0.887 bits per heavy atom. The highest BCUT2D eigenvalue weighted by Crippen LogP contribution is 2.66. The van der Waals surface area contributed by atoms with Crippen molar-refractivity contribution in [2.75, 3.05) is 6.54 Å². The van der Waals surface area contributed by atoms with Crippen molar-refractivity contribution in [3.8, 4) is 0 Å². The smallest absolute Gasteiger partial charge is 0.0550 e. The molecule has 0 saturated carbocycles. The van der Waals surface area contributed by atoms with Crippen LogP contribution in [0.15, 0.2) is 168 Å². The first-order valence-electron chi connectivity index (χ1n) is 19.0. The van der Waals surface area contributed by atoms with Crippen LogP contribution in [0.3, 0.4) is 0 Å². The zero-order valence-corrected chi connectivity index (χ0v) is 30.8. The topological polar surface area (TPSA) is 12.0 Å². The minimum absolute atomic E-state index is 0.118. The maximum atomic E-state index is 12.8. The number of nitrogens with one attached hydrogen (secondary N) is 1. The van der Waals surface area contributed by atoms with Gasteiger partial charge in [-0.25, -0.2) is 0 Å². The van der Waals surface area contributed by atoms with Crippen LogP contribution in [0, 0.1) is 11.3 Å². The van der Waals surface area contributed by atoms with Gasteiger partial charge in [-0.3, -0.25) is 0 Å². The second-order valence-electron chi connectivity index (χ2n) is 15.6. The minimum Gasteiger partial charge on any atom is -0.155 e. The van der Waals surface area contributed by atoms with E-state index < -0.39 is 0 Å². The summed E-state index contributed by atoms with van der Waals surface area (Å²) in [5, 5.41) is 10.6. The van der Waals surface area contributed by atoms with E-state index in [-0.39, 0.29) is 23.8 Å². The first-order chi connectivity index (χ1) is 25.8. The van der Waals surface area contributed by atoms with Gasteiger partial charge in [0.05, 0.1) is 12.0 Å². The lowest BCUT2D eigenvalue weighted by Gasteiger charge is -2.39. The quantitative estimate of drug-likeness (QED) is 0.0590. The van der Waals surface area contributed by atoms with Crippen molar-refractivity contribution in [1.82, 2.24) is 5.54 Å². The van der Waals surface area contributed by atoms with Crippen LogP contribution in [-0.4, -0.2) is 6.54 Å². The number of hydrogen-bond donors (Lipinski definition) is 1. The van der Waals surface area contributed by atoms with Crippen molar-refractivity contribution in [2.24, 2.45) is 11.3 Å². The zero-order chi connectivity index (χ0) is 36.3. The van der Waals surface area contributed by atoms with Crippen LogP contribution in [0.1, 0.15) is 55.9 Å². The van der Waals surface area contributed by atoms with E-state index in [1.165, 1.54) is 104 Å². The highest BCUT2D eigenvalue weighted by Gasteiger charge is 2.50. The van der Waals surface area contributed by atoms with Gasteiger partial charge in [-0.1, -0.05) is 142 Å². The molecule has 0 radical (unpaired) electrons. The fourth-order valence-electron chi connectivity index (χ4n) is 10.4. The van der Waals surface area contributed by atoms with Crippen LogP contribution in [0.5, 0.6) is 0 Å². The number of allylic oxidation sites excluding steroid dienone is 18. The van der Waals surface area contributed by atoms with Crippen LogP contribution in [-0.2, 0) is 6.42 Å². The summed E-state index contributed by atoms with van der Waals surface area (Å²) in [6.45, 7) is 17.8. The molecule has 0 amide bonds. The van der Waals surface area contributed by atoms with Crippen LogP contribution in [0.25, 0.3) is 54.2 Å². The van der Waals surface area contributed by atoms with Gasteiger partial charge in [0.2, 0.25) is 0 Å². The first kappa shape index (κ1) is 32.1. The van der Waals surface area contributed by atoms with Crippen molar-refractivity contribution >= 4 is 54.2 Å². The van der Waals surface area contributed by atoms with E-state index in [9.17, 15) is 4.48 Å². The highest BCUT2D eigenvalue weighted by molar-refractivity contribution is 6.38. The fourth-order valence-corrected chi connectivity index (χ4v) is 10.4. The number of benzene rings is 5. The average Bonchev–Trinajstić information content (AvgIpc) is 3.52. The summed E-state index contributed by atoms with van der Waals surface area (Å²) in [5.74, 6) is 0.356. The Balaban J connectivity index is 1.29. The summed E-state index contributed by atoms with van der Waals surface area (Å²) in [7, 11) is 0. The molecule has 0 fully saturated rings. The monoisotopic (exact) mass is 687 g/mol. The van der Waals surface area contributed by atoms with Gasteiger partial charge in [0.25, 0.3) is 0 Å². The summed E-state index contributed by atoms with van der Waals surface area (Å²) in [5.41, 5.74) is 18.2. The Morgan fingerprint density at radius 2 is 1.58 bits per heavy atom. The van der Waals surface area contributed by atoms with E-state index >= 15 is 0 Å². The van der Waals surface area contributed by atoms with Gasteiger partial charge in [0, 0.05) is 5.92 Å². The maximum absolute atomic E-state index is 12.8. The number of rotatable bonds is 7. The molecule has 3 unspecified atom stereocenters.